The summed E-state index contributed by atoms with van der Waals surface area (Å²) in [5.41, 5.74) is 0.969. The quantitative estimate of drug-likeness (QED) is 0.874. The number of halogens is 2. The molecule has 2 aromatic rings. The number of nitrogens with zero attached hydrogens (tertiary/aromatic N) is 4. The minimum atomic E-state index is -0.292. The molecule has 0 bridgehead atoms. The fourth-order valence-electron chi connectivity index (χ4n) is 2.96. The lowest BCUT2D eigenvalue weighted by atomic mass is 9.96. The van der Waals surface area contributed by atoms with Crippen molar-refractivity contribution in [2.75, 3.05) is 13.1 Å². The average Bonchev–Trinajstić information content (AvgIpc) is 2.89. The first kappa shape index (κ1) is 14.5. The molecule has 1 atom stereocenters. The Bertz CT molecular complexity index is 628. The van der Waals surface area contributed by atoms with Crippen LogP contribution in [-0.2, 0) is 13.6 Å². The van der Waals surface area contributed by atoms with E-state index in [4.69, 9.17) is 11.6 Å². The van der Waals surface area contributed by atoms with Crippen LogP contribution in [0.1, 0.15) is 30.1 Å². The SMILES string of the molecule is Cn1cnnc1C1CCCN(Cc2ccc(F)cc2Cl)C1. The van der Waals surface area contributed by atoms with E-state index in [9.17, 15) is 4.39 Å². The van der Waals surface area contributed by atoms with Crippen LogP contribution in [0.15, 0.2) is 24.5 Å². The molecule has 1 aromatic heterocycles. The summed E-state index contributed by atoms with van der Waals surface area (Å²) in [4.78, 5) is 2.35. The molecule has 112 valence electrons. The third-order valence-electron chi connectivity index (χ3n) is 4.03. The van der Waals surface area contributed by atoms with Gasteiger partial charge in [-0.15, -0.1) is 10.2 Å². The van der Waals surface area contributed by atoms with E-state index in [0.717, 1.165) is 43.9 Å². The summed E-state index contributed by atoms with van der Waals surface area (Å²) in [6.07, 6.45) is 3.99. The first-order chi connectivity index (χ1) is 10.1. The second-order valence-corrected chi connectivity index (χ2v) is 6.02. The molecular weight excluding hydrogens is 291 g/mol. The Hall–Kier alpha value is -1.46. The predicted molar refractivity (Wildman–Crippen MR) is 79.7 cm³/mol. The molecule has 0 aliphatic carbocycles. The maximum atomic E-state index is 13.1. The first-order valence-corrected chi connectivity index (χ1v) is 7.51. The molecule has 2 heterocycles. The van der Waals surface area contributed by atoms with E-state index in [1.54, 1.807) is 12.4 Å². The van der Waals surface area contributed by atoms with Crippen LogP contribution in [0.3, 0.4) is 0 Å². The molecule has 21 heavy (non-hydrogen) atoms. The zero-order valence-electron chi connectivity index (χ0n) is 12.0. The van der Waals surface area contributed by atoms with E-state index in [0.29, 0.717) is 10.9 Å². The topological polar surface area (TPSA) is 34.0 Å². The molecule has 0 spiro atoms. The lowest BCUT2D eigenvalue weighted by Gasteiger charge is -2.32. The van der Waals surface area contributed by atoms with E-state index in [-0.39, 0.29) is 5.82 Å². The Labute approximate surface area is 128 Å². The van der Waals surface area contributed by atoms with Crippen molar-refractivity contribution >= 4 is 11.6 Å². The lowest BCUT2D eigenvalue weighted by Crippen LogP contribution is -2.34. The zero-order chi connectivity index (χ0) is 14.8. The smallest absolute Gasteiger partial charge is 0.136 e. The van der Waals surface area contributed by atoms with Crippen molar-refractivity contribution in [1.29, 1.82) is 0 Å². The summed E-state index contributed by atoms with van der Waals surface area (Å²) in [6.45, 7) is 2.70. The Morgan fingerprint density at radius 3 is 3.00 bits per heavy atom. The maximum Gasteiger partial charge on any atom is 0.136 e. The zero-order valence-corrected chi connectivity index (χ0v) is 12.7. The molecular formula is C15H18ClFN4. The van der Waals surface area contributed by atoms with Crippen LogP contribution in [0.2, 0.25) is 5.02 Å². The summed E-state index contributed by atoms with van der Waals surface area (Å²) >= 11 is 6.12. The molecule has 1 saturated heterocycles. The van der Waals surface area contributed by atoms with Crippen molar-refractivity contribution in [3.8, 4) is 0 Å². The second kappa shape index (κ2) is 6.12. The van der Waals surface area contributed by atoms with E-state index < -0.39 is 0 Å². The van der Waals surface area contributed by atoms with Crippen molar-refractivity contribution in [1.82, 2.24) is 19.7 Å². The van der Waals surface area contributed by atoms with Gasteiger partial charge >= 0.3 is 0 Å². The number of aromatic nitrogens is 3. The standard InChI is InChI=1S/C15H18ClFN4/c1-20-10-18-19-15(20)12-3-2-6-21(9-12)8-11-4-5-13(17)7-14(11)16/h4-5,7,10,12H,2-3,6,8-9H2,1H3. The van der Waals surface area contributed by atoms with Gasteiger partial charge in [-0.25, -0.2) is 4.39 Å². The fourth-order valence-corrected chi connectivity index (χ4v) is 3.19. The second-order valence-electron chi connectivity index (χ2n) is 5.61. The van der Waals surface area contributed by atoms with E-state index in [1.807, 2.05) is 11.6 Å². The highest BCUT2D eigenvalue weighted by atomic mass is 35.5. The number of hydrogen-bond donors (Lipinski definition) is 0. The molecule has 3 rings (SSSR count). The van der Waals surface area contributed by atoms with Gasteiger partial charge in [0.15, 0.2) is 0 Å². The number of benzene rings is 1. The van der Waals surface area contributed by atoms with Gasteiger partial charge in [0.2, 0.25) is 0 Å². The highest BCUT2D eigenvalue weighted by Gasteiger charge is 2.25. The van der Waals surface area contributed by atoms with Crippen LogP contribution in [0, 0.1) is 5.82 Å². The minimum absolute atomic E-state index is 0.292. The summed E-state index contributed by atoms with van der Waals surface area (Å²) in [7, 11) is 1.98. The Morgan fingerprint density at radius 1 is 1.43 bits per heavy atom. The van der Waals surface area contributed by atoms with Gasteiger partial charge in [0.1, 0.15) is 18.0 Å². The maximum absolute atomic E-state index is 13.1. The molecule has 0 amide bonds. The Morgan fingerprint density at radius 2 is 2.29 bits per heavy atom. The minimum Gasteiger partial charge on any atom is -0.320 e. The lowest BCUT2D eigenvalue weighted by molar-refractivity contribution is 0.195. The van der Waals surface area contributed by atoms with Gasteiger partial charge in [-0.05, 0) is 37.1 Å². The first-order valence-electron chi connectivity index (χ1n) is 7.13. The third kappa shape index (κ3) is 3.24. The van der Waals surface area contributed by atoms with Crippen molar-refractivity contribution in [3.63, 3.8) is 0 Å². The normalized spacial score (nSPS) is 19.9. The summed E-state index contributed by atoms with van der Waals surface area (Å²) in [5.74, 6) is 1.13. The molecule has 1 aliphatic rings. The van der Waals surface area contributed by atoms with E-state index in [1.165, 1.54) is 12.1 Å². The fraction of sp³-hybridized carbons (Fsp3) is 0.467. The van der Waals surface area contributed by atoms with Gasteiger partial charge in [-0.3, -0.25) is 4.90 Å². The summed E-state index contributed by atoms with van der Waals surface area (Å²) in [5, 5.41) is 8.68. The van der Waals surface area contributed by atoms with Crippen LogP contribution in [0.4, 0.5) is 4.39 Å². The summed E-state index contributed by atoms with van der Waals surface area (Å²) < 4.78 is 15.1. The average molecular weight is 309 g/mol. The number of piperidine rings is 1. The Kier molecular flexibility index (Phi) is 4.22. The molecule has 1 aromatic carbocycles. The van der Waals surface area contributed by atoms with Crippen LogP contribution in [0.25, 0.3) is 0 Å². The van der Waals surface area contributed by atoms with Crippen LogP contribution >= 0.6 is 11.6 Å². The number of hydrogen-bond acceptors (Lipinski definition) is 3. The summed E-state index contributed by atoms with van der Waals surface area (Å²) in [6, 6.07) is 4.61. The van der Waals surface area contributed by atoms with Gasteiger partial charge in [0.25, 0.3) is 0 Å². The molecule has 1 fully saturated rings. The monoisotopic (exact) mass is 308 g/mol. The van der Waals surface area contributed by atoms with Crippen molar-refractivity contribution in [2.24, 2.45) is 7.05 Å². The Balaban J connectivity index is 1.70. The van der Waals surface area contributed by atoms with Crippen molar-refractivity contribution in [3.05, 3.63) is 46.8 Å². The molecule has 1 unspecified atom stereocenters. The van der Waals surface area contributed by atoms with Crippen LogP contribution < -0.4 is 0 Å². The number of aryl methyl sites for hydroxylation is 1. The largest absolute Gasteiger partial charge is 0.320 e. The van der Waals surface area contributed by atoms with Gasteiger partial charge < -0.3 is 4.57 Å². The van der Waals surface area contributed by atoms with Crippen molar-refractivity contribution < 1.29 is 4.39 Å². The molecule has 0 N–H and O–H groups in total. The molecule has 4 nitrogen and oxygen atoms in total. The van der Waals surface area contributed by atoms with Gasteiger partial charge in [-0.1, -0.05) is 17.7 Å². The molecule has 1 aliphatic heterocycles. The van der Waals surface area contributed by atoms with Gasteiger partial charge in [0.05, 0.1) is 0 Å². The van der Waals surface area contributed by atoms with Gasteiger partial charge in [-0.2, -0.15) is 0 Å². The van der Waals surface area contributed by atoms with Crippen LogP contribution in [0.5, 0.6) is 0 Å². The molecule has 6 heteroatoms. The number of likely N-dealkylation sites (tertiary alicyclic amines) is 1. The molecule has 0 saturated carbocycles. The van der Waals surface area contributed by atoms with Crippen molar-refractivity contribution in [2.45, 2.75) is 25.3 Å². The highest BCUT2D eigenvalue weighted by Crippen LogP contribution is 2.27. The van der Waals surface area contributed by atoms with E-state index >= 15 is 0 Å². The predicted octanol–water partition coefficient (Wildman–Crippen LogP) is 2.99. The van der Waals surface area contributed by atoms with Crippen LogP contribution in [-0.4, -0.2) is 32.8 Å². The third-order valence-corrected chi connectivity index (χ3v) is 4.38. The van der Waals surface area contributed by atoms with Gasteiger partial charge in [0, 0.05) is 31.1 Å². The molecule has 0 radical (unpaired) electrons. The van der Waals surface area contributed by atoms with E-state index in [2.05, 4.69) is 15.1 Å². The highest BCUT2D eigenvalue weighted by molar-refractivity contribution is 6.31. The number of rotatable bonds is 3.